The molecule has 88 valence electrons. The lowest BCUT2D eigenvalue weighted by molar-refractivity contribution is 0.107. The molecule has 0 aliphatic carbocycles. The Bertz CT molecular complexity index is 463. The van der Waals surface area contributed by atoms with Crippen molar-refractivity contribution in [3.8, 4) is 0 Å². The third-order valence-corrected chi connectivity index (χ3v) is 3.13. The zero-order chi connectivity index (χ0) is 12.1. The van der Waals surface area contributed by atoms with Gasteiger partial charge in [-0.2, -0.15) is 0 Å². The highest BCUT2D eigenvalue weighted by Crippen LogP contribution is 2.25. The predicted molar refractivity (Wildman–Crippen MR) is 71.4 cm³/mol. The molecule has 2 aromatic rings. The molecule has 0 N–H and O–H groups in total. The summed E-state index contributed by atoms with van der Waals surface area (Å²) in [4.78, 5) is 0. The SMILES string of the molecule is Clc1cccc(Cl)c1COCc1ccccc1. The van der Waals surface area contributed by atoms with E-state index in [1.165, 1.54) is 0 Å². The monoisotopic (exact) mass is 266 g/mol. The van der Waals surface area contributed by atoms with Crippen LogP contribution in [0.3, 0.4) is 0 Å². The average Bonchev–Trinajstić information content (AvgIpc) is 2.34. The van der Waals surface area contributed by atoms with Gasteiger partial charge >= 0.3 is 0 Å². The molecule has 0 radical (unpaired) electrons. The van der Waals surface area contributed by atoms with E-state index in [1.54, 1.807) is 0 Å². The lowest BCUT2D eigenvalue weighted by atomic mass is 10.2. The van der Waals surface area contributed by atoms with Crippen LogP contribution in [0.4, 0.5) is 0 Å². The molecule has 3 heteroatoms. The van der Waals surface area contributed by atoms with Crippen molar-refractivity contribution in [2.24, 2.45) is 0 Å². The molecular weight excluding hydrogens is 255 g/mol. The first-order chi connectivity index (χ1) is 8.27. The van der Waals surface area contributed by atoms with Gasteiger partial charge < -0.3 is 4.74 Å². The standard InChI is InChI=1S/C14H12Cl2O/c15-13-7-4-8-14(16)12(13)10-17-9-11-5-2-1-3-6-11/h1-8H,9-10H2. The van der Waals surface area contributed by atoms with E-state index in [1.807, 2.05) is 48.5 Å². The topological polar surface area (TPSA) is 9.23 Å². The van der Waals surface area contributed by atoms with Gasteiger partial charge in [0.05, 0.1) is 13.2 Å². The fourth-order valence-corrected chi connectivity index (χ4v) is 2.02. The smallest absolute Gasteiger partial charge is 0.0750 e. The van der Waals surface area contributed by atoms with Gasteiger partial charge in [-0.15, -0.1) is 0 Å². The molecule has 0 saturated carbocycles. The quantitative estimate of drug-likeness (QED) is 0.779. The van der Waals surface area contributed by atoms with E-state index >= 15 is 0 Å². The average molecular weight is 267 g/mol. The van der Waals surface area contributed by atoms with Crippen molar-refractivity contribution in [3.05, 3.63) is 69.7 Å². The summed E-state index contributed by atoms with van der Waals surface area (Å²) < 4.78 is 5.60. The summed E-state index contributed by atoms with van der Waals surface area (Å²) in [5, 5.41) is 1.29. The largest absolute Gasteiger partial charge is 0.372 e. The molecule has 2 aromatic carbocycles. The van der Waals surface area contributed by atoms with E-state index < -0.39 is 0 Å². The molecule has 2 rings (SSSR count). The minimum absolute atomic E-state index is 0.424. The van der Waals surface area contributed by atoms with Crippen molar-refractivity contribution in [2.45, 2.75) is 13.2 Å². The van der Waals surface area contributed by atoms with Gasteiger partial charge in [-0.05, 0) is 17.7 Å². The maximum absolute atomic E-state index is 6.05. The Balaban J connectivity index is 1.95. The summed E-state index contributed by atoms with van der Waals surface area (Å²) in [7, 11) is 0. The Morgan fingerprint density at radius 1 is 0.765 bits per heavy atom. The number of rotatable bonds is 4. The third-order valence-electron chi connectivity index (χ3n) is 2.42. The lowest BCUT2D eigenvalue weighted by Gasteiger charge is -2.08. The maximum Gasteiger partial charge on any atom is 0.0750 e. The van der Waals surface area contributed by atoms with Crippen molar-refractivity contribution in [3.63, 3.8) is 0 Å². The second kappa shape index (κ2) is 6.06. The summed E-state index contributed by atoms with van der Waals surface area (Å²) >= 11 is 12.1. The molecule has 0 fully saturated rings. The maximum atomic E-state index is 6.05. The van der Waals surface area contributed by atoms with E-state index in [-0.39, 0.29) is 0 Å². The van der Waals surface area contributed by atoms with Crippen LogP contribution in [0.5, 0.6) is 0 Å². The summed E-state index contributed by atoms with van der Waals surface area (Å²) in [5.74, 6) is 0. The Morgan fingerprint density at radius 2 is 1.41 bits per heavy atom. The van der Waals surface area contributed by atoms with Crippen molar-refractivity contribution in [1.82, 2.24) is 0 Å². The van der Waals surface area contributed by atoms with Crippen LogP contribution >= 0.6 is 23.2 Å². The molecule has 0 aromatic heterocycles. The molecule has 0 spiro atoms. The fraction of sp³-hybridized carbons (Fsp3) is 0.143. The van der Waals surface area contributed by atoms with E-state index in [0.29, 0.717) is 23.3 Å². The summed E-state index contributed by atoms with van der Waals surface area (Å²) in [5.41, 5.74) is 1.97. The molecular formula is C14H12Cl2O. The van der Waals surface area contributed by atoms with Crippen LogP contribution in [0.25, 0.3) is 0 Å². The predicted octanol–water partition coefficient (Wildman–Crippen LogP) is 4.71. The van der Waals surface area contributed by atoms with Crippen molar-refractivity contribution >= 4 is 23.2 Å². The van der Waals surface area contributed by atoms with E-state index in [4.69, 9.17) is 27.9 Å². The fourth-order valence-electron chi connectivity index (χ4n) is 1.52. The minimum atomic E-state index is 0.424. The molecule has 0 heterocycles. The van der Waals surface area contributed by atoms with E-state index in [0.717, 1.165) is 11.1 Å². The second-order valence-electron chi connectivity index (χ2n) is 3.68. The van der Waals surface area contributed by atoms with Crippen molar-refractivity contribution in [2.75, 3.05) is 0 Å². The van der Waals surface area contributed by atoms with E-state index in [2.05, 4.69) is 0 Å². The molecule has 17 heavy (non-hydrogen) atoms. The Labute approximate surface area is 111 Å². The van der Waals surface area contributed by atoms with Crippen LogP contribution in [-0.4, -0.2) is 0 Å². The first-order valence-electron chi connectivity index (χ1n) is 5.32. The highest BCUT2D eigenvalue weighted by Gasteiger charge is 2.05. The number of ether oxygens (including phenoxy) is 1. The van der Waals surface area contributed by atoms with Crippen LogP contribution in [0.1, 0.15) is 11.1 Å². The summed E-state index contributed by atoms with van der Waals surface area (Å²) in [6.07, 6.45) is 0. The zero-order valence-electron chi connectivity index (χ0n) is 9.20. The van der Waals surface area contributed by atoms with Crippen LogP contribution < -0.4 is 0 Å². The van der Waals surface area contributed by atoms with Crippen molar-refractivity contribution in [1.29, 1.82) is 0 Å². The van der Waals surface area contributed by atoms with Gasteiger partial charge in [0.1, 0.15) is 0 Å². The van der Waals surface area contributed by atoms with Crippen LogP contribution in [0, 0.1) is 0 Å². The highest BCUT2D eigenvalue weighted by molar-refractivity contribution is 6.35. The Kier molecular flexibility index (Phi) is 4.43. The van der Waals surface area contributed by atoms with Crippen LogP contribution in [0.2, 0.25) is 10.0 Å². The van der Waals surface area contributed by atoms with Crippen LogP contribution in [-0.2, 0) is 18.0 Å². The molecule has 0 saturated heterocycles. The van der Waals surface area contributed by atoms with Crippen molar-refractivity contribution < 1.29 is 4.74 Å². The van der Waals surface area contributed by atoms with Gasteiger partial charge in [-0.25, -0.2) is 0 Å². The normalized spacial score (nSPS) is 10.5. The third kappa shape index (κ3) is 3.47. The summed E-state index contributed by atoms with van der Waals surface area (Å²) in [6, 6.07) is 15.5. The number of hydrogen-bond donors (Lipinski definition) is 0. The number of benzene rings is 2. The van der Waals surface area contributed by atoms with Gasteiger partial charge in [0.2, 0.25) is 0 Å². The molecule has 0 unspecified atom stereocenters. The van der Waals surface area contributed by atoms with Gasteiger partial charge in [0.25, 0.3) is 0 Å². The first-order valence-corrected chi connectivity index (χ1v) is 6.07. The molecule has 0 amide bonds. The van der Waals surface area contributed by atoms with Gasteiger partial charge in [-0.1, -0.05) is 59.6 Å². The number of halogens is 2. The molecule has 0 atom stereocenters. The second-order valence-corrected chi connectivity index (χ2v) is 4.49. The highest BCUT2D eigenvalue weighted by atomic mass is 35.5. The Hall–Kier alpha value is -1.02. The molecule has 1 nitrogen and oxygen atoms in total. The van der Waals surface area contributed by atoms with Gasteiger partial charge in [0.15, 0.2) is 0 Å². The summed E-state index contributed by atoms with van der Waals surface area (Å²) in [6.45, 7) is 0.982. The molecule has 0 aliphatic rings. The Morgan fingerprint density at radius 3 is 2.06 bits per heavy atom. The first kappa shape index (κ1) is 12.4. The van der Waals surface area contributed by atoms with Crippen LogP contribution in [0.15, 0.2) is 48.5 Å². The molecule has 0 aliphatic heterocycles. The molecule has 0 bridgehead atoms. The zero-order valence-corrected chi connectivity index (χ0v) is 10.7. The minimum Gasteiger partial charge on any atom is -0.372 e. The lowest BCUT2D eigenvalue weighted by Crippen LogP contribution is -1.95. The van der Waals surface area contributed by atoms with Gasteiger partial charge in [-0.3, -0.25) is 0 Å². The van der Waals surface area contributed by atoms with E-state index in [9.17, 15) is 0 Å². The number of hydrogen-bond acceptors (Lipinski definition) is 1. The van der Waals surface area contributed by atoms with Gasteiger partial charge in [0, 0.05) is 15.6 Å².